The van der Waals surface area contributed by atoms with E-state index in [1.807, 2.05) is 42.5 Å². The molecule has 6 heteroatoms. The number of rotatable bonds is 10. The van der Waals surface area contributed by atoms with E-state index in [2.05, 4.69) is 33.7 Å². The van der Waals surface area contributed by atoms with Crippen molar-refractivity contribution < 1.29 is 9.53 Å². The van der Waals surface area contributed by atoms with Gasteiger partial charge < -0.3 is 20.3 Å². The third-order valence-corrected chi connectivity index (χ3v) is 5.83. The molecule has 32 heavy (non-hydrogen) atoms. The molecule has 0 bridgehead atoms. The van der Waals surface area contributed by atoms with Gasteiger partial charge in [-0.25, -0.2) is 0 Å². The van der Waals surface area contributed by atoms with E-state index >= 15 is 0 Å². The highest BCUT2D eigenvalue weighted by Gasteiger charge is 2.12. The Balaban J connectivity index is 1.57. The summed E-state index contributed by atoms with van der Waals surface area (Å²) in [6.45, 7) is 4.15. The van der Waals surface area contributed by atoms with Crippen LogP contribution in [0.4, 0.5) is 5.69 Å². The molecule has 0 aliphatic heterocycles. The van der Waals surface area contributed by atoms with Gasteiger partial charge in [0.1, 0.15) is 12.4 Å². The van der Waals surface area contributed by atoms with Crippen molar-refractivity contribution in [1.29, 1.82) is 0 Å². The number of nitrogens with one attached hydrogen (secondary N) is 2. The third-order valence-electron chi connectivity index (χ3n) is 5.43. The Morgan fingerprint density at radius 3 is 2.62 bits per heavy atom. The number of amides is 1. The first-order valence-electron chi connectivity index (χ1n) is 11.4. The topological polar surface area (TPSA) is 53.6 Å². The predicted molar refractivity (Wildman–Crippen MR) is 135 cm³/mol. The van der Waals surface area contributed by atoms with Crippen LogP contribution in [0.5, 0.6) is 5.75 Å². The number of para-hydroxylation sites is 2. The first-order chi connectivity index (χ1) is 15.6. The maximum atomic E-state index is 11.5. The second-order valence-electron chi connectivity index (χ2n) is 8.02. The first-order valence-corrected chi connectivity index (χ1v) is 11.8. The summed E-state index contributed by atoms with van der Waals surface area (Å²) in [5.74, 6) is 0.538. The van der Waals surface area contributed by atoms with Crippen molar-refractivity contribution in [3.05, 3.63) is 71.8 Å². The fourth-order valence-electron chi connectivity index (χ4n) is 3.78. The Hall–Kier alpha value is -2.86. The number of benzene rings is 2. The van der Waals surface area contributed by atoms with Gasteiger partial charge in [-0.2, -0.15) is 0 Å². The van der Waals surface area contributed by atoms with Crippen LogP contribution in [0.15, 0.2) is 66.2 Å². The van der Waals surface area contributed by atoms with Crippen molar-refractivity contribution in [1.82, 2.24) is 10.2 Å². The minimum Gasteiger partial charge on any atom is -0.490 e. The quantitative estimate of drug-likeness (QED) is 0.380. The summed E-state index contributed by atoms with van der Waals surface area (Å²) in [5, 5.41) is 6.99. The largest absolute Gasteiger partial charge is 0.490 e. The first kappa shape index (κ1) is 23.8. The molecule has 0 radical (unpaired) electrons. The highest BCUT2D eigenvalue weighted by atomic mass is 32.1. The Morgan fingerprint density at radius 2 is 1.88 bits per heavy atom. The highest BCUT2D eigenvalue weighted by Crippen LogP contribution is 2.23. The molecule has 2 aromatic rings. The summed E-state index contributed by atoms with van der Waals surface area (Å²) in [4.78, 5) is 13.6. The molecule has 0 heterocycles. The van der Waals surface area contributed by atoms with Crippen LogP contribution in [0.3, 0.4) is 0 Å². The molecule has 1 aliphatic carbocycles. The average Bonchev–Trinajstić information content (AvgIpc) is 2.80. The zero-order chi connectivity index (χ0) is 22.6. The van der Waals surface area contributed by atoms with Gasteiger partial charge in [0.15, 0.2) is 5.11 Å². The monoisotopic (exact) mass is 451 g/mol. The van der Waals surface area contributed by atoms with E-state index in [1.54, 1.807) is 5.57 Å². The molecular formula is C26H33N3O2S. The smallest absolute Gasteiger partial charge is 0.221 e. The van der Waals surface area contributed by atoms with E-state index in [-0.39, 0.29) is 5.91 Å². The number of carbonyl (C=O) groups is 1. The van der Waals surface area contributed by atoms with Gasteiger partial charge >= 0.3 is 0 Å². The number of carbonyl (C=O) groups excluding carboxylic acids is 1. The molecule has 0 aromatic heterocycles. The van der Waals surface area contributed by atoms with E-state index in [1.165, 1.54) is 38.2 Å². The molecule has 2 aromatic carbocycles. The lowest BCUT2D eigenvalue weighted by atomic mass is 9.97. The van der Waals surface area contributed by atoms with Crippen molar-refractivity contribution in [3.8, 4) is 5.75 Å². The van der Waals surface area contributed by atoms with Gasteiger partial charge in [-0.3, -0.25) is 4.79 Å². The van der Waals surface area contributed by atoms with Crippen molar-refractivity contribution in [3.63, 3.8) is 0 Å². The van der Waals surface area contributed by atoms with Crippen LogP contribution < -0.4 is 15.4 Å². The van der Waals surface area contributed by atoms with Gasteiger partial charge in [0.05, 0.1) is 12.2 Å². The summed E-state index contributed by atoms with van der Waals surface area (Å²) >= 11 is 5.74. The molecule has 3 rings (SSSR count). The summed E-state index contributed by atoms with van der Waals surface area (Å²) in [7, 11) is 0. The van der Waals surface area contributed by atoms with E-state index in [4.69, 9.17) is 17.0 Å². The Morgan fingerprint density at radius 1 is 1.09 bits per heavy atom. The zero-order valence-corrected chi connectivity index (χ0v) is 19.6. The van der Waals surface area contributed by atoms with Crippen LogP contribution in [0.25, 0.3) is 0 Å². The van der Waals surface area contributed by atoms with Crippen LogP contribution in [-0.4, -0.2) is 35.6 Å². The van der Waals surface area contributed by atoms with Gasteiger partial charge in [0.2, 0.25) is 5.91 Å². The second kappa shape index (κ2) is 12.9. The molecule has 0 saturated carbocycles. The van der Waals surface area contributed by atoms with Crippen LogP contribution in [0.2, 0.25) is 0 Å². The van der Waals surface area contributed by atoms with Crippen molar-refractivity contribution in [2.75, 3.05) is 25.0 Å². The Labute approximate surface area is 196 Å². The molecule has 0 unspecified atom stereocenters. The van der Waals surface area contributed by atoms with Crippen molar-refractivity contribution in [2.45, 2.75) is 45.6 Å². The average molecular weight is 452 g/mol. The summed E-state index contributed by atoms with van der Waals surface area (Å²) in [6, 6.07) is 17.8. The zero-order valence-electron chi connectivity index (χ0n) is 18.8. The number of hydrogen-bond acceptors (Lipinski definition) is 3. The van der Waals surface area contributed by atoms with Crippen LogP contribution in [0.1, 0.15) is 44.6 Å². The molecule has 0 atom stereocenters. The molecule has 170 valence electrons. The molecule has 1 aliphatic rings. The van der Waals surface area contributed by atoms with Crippen LogP contribution in [-0.2, 0) is 11.3 Å². The van der Waals surface area contributed by atoms with Gasteiger partial charge in [0, 0.05) is 20.0 Å². The fourth-order valence-corrected chi connectivity index (χ4v) is 4.04. The van der Waals surface area contributed by atoms with Crippen molar-refractivity contribution >= 4 is 28.9 Å². The number of nitrogens with zero attached hydrogens (tertiary/aromatic N) is 1. The van der Waals surface area contributed by atoms with Crippen LogP contribution >= 0.6 is 12.2 Å². The molecule has 5 nitrogen and oxygen atoms in total. The lowest BCUT2D eigenvalue weighted by Gasteiger charge is -2.26. The highest BCUT2D eigenvalue weighted by molar-refractivity contribution is 7.80. The molecule has 2 N–H and O–H groups in total. The SMILES string of the molecule is CC(=O)Nc1ccccc1OCCN(Cc1ccccc1)C(=S)NCCC1=CCCCC1. The number of anilines is 1. The standard InChI is InChI=1S/C26H33N3O2S/c1-21(30)28-24-14-8-9-15-25(24)31-19-18-29(20-23-12-6-3-7-13-23)26(32)27-17-16-22-10-4-2-5-11-22/h3,6-10,12-15H,2,4-5,11,16-20H2,1H3,(H,27,32)(H,28,30). The normalized spacial score (nSPS) is 13.1. The predicted octanol–water partition coefficient (Wildman–Crippen LogP) is 5.29. The molecule has 0 saturated heterocycles. The van der Waals surface area contributed by atoms with E-state index in [0.717, 1.165) is 18.1 Å². The maximum absolute atomic E-state index is 11.5. The lowest BCUT2D eigenvalue weighted by Crippen LogP contribution is -2.41. The Bertz CT molecular complexity index is 914. The van der Waals surface area contributed by atoms with Crippen LogP contribution in [0, 0.1) is 0 Å². The molecular weight excluding hydrogens is 418 g/mol. The molecule has 1 amide bonds. The number of allylic oxidation sites excluding steroid dienone is 1. The number of hydrogen-bond donors (Lipinski definition) is 2. The van der Waals surface area contributed by atoms with Gasteiger partial charge in [-0.05, 0) is 62.0 Å². The van der Waals surface area contributed by atoms with E-state index in [9.17, 15) is 4.79 Å². The number of thiocarbonyl (C=S) groups is 1. The number of ether oxygens (including phenoxy) is 1. The lowest BCUT2D eigenvalue weighted by molar-refractivity contribution is -0.114. The van der Waals surface area contributed by atoms with Gasteiger partial charge in [0.25, 0.3) is 0 Å². The van der Waals surface area contributed by atoms with Crippen molar-refractivity contribution in [2.24, 2.45) is 0 Å². The maximum Gasteiger partial charge on any atom is 0.221 e. The summed E-state index contributed by atoms with van der Waals surface area (Å²) in [5.41, 5.74) is 3.42. The molecule has 0 fully saturated rings. The van der Waals surface area contributed by atoms with Gasteiger partial charge in [-0.1, -0.05) is 54.1 Å². The summed E-state index contributed by atoms with van der Waals surface area (Å²) < 4.78 is 6.00. The molecule has 0 spiro atoms. The summed E-state index contributed by atoms with van der Waals surface area (Å²) in [6.07, 6.45) is 8.45. The van der Waals surface area contributed by atoms with Gasteiger partial charge in [-0.15, -0.1) is 0 Å². The minimum absolute atomic E-state index is 0.120. The van der Waals surface area contributed by atoms with E-state index < -0.39 is 0 Å². The second-order valence-corrected chi connectivity index (χ2v) is 8.41. The minimum atomic E-state index is -0.120. The fraction of sp³-hybridized carbons (Fsp3) is 0.385. The Kier molecular flexibility index (Phi) is 9.57. The third kappa shape index (κ3) is 8.00. The van der Waals surface area contributed by atoms with E-state index in [0.29, 0.717) is 31.1 Å².